The second-order valence-corrected chi connectivity index (χ2v) is 8.72. The van der Waals surface area contributed by atoms with E-state index in [-0.39, 0.29) is 16.9 Å². The molecule has 0 saturated heterocycles. The Kier molecular flexibility index (Phi) is 6.70. The Bertz CT molecular complexity index is 1430. The minimum absolute atomic E-state index is 0.183. The standard InChI is InChI=1S/C26H15F5O3S/c27-20-21(28)23(30)26(24(31)22(20)29)35(32,33)34-25(18-14-8-3-9-15-18)19(16-10-4-1-5-11-16)17-12-6-2-7-13-17/h1-15H. The zero-order valence-corrected chi connectivity index (χ0v) is 18.5. The van der Waals surface area contributed by atoms with Crippen LogP contribution in [0, 0.1) is 29.1 Å². The van der Waals surface area contributed by atoms with Gasteiger partial charge in [-0.05, 0) is 11.1 Å². The first kappa shape index (κ1) is 24.2. The molecule has 3 nitrogen and oxygen atoms in total. The van der Waals surface area contributed by atoms with Crippen molar-refractivity contribution in [1.29, 1.82) is 0 Å². The van der Waals surface area contributed by atoms with Gasteiger partial charge in [-0.3, -0.25) is 0 Å². The Morgan fingerprint density at radius 1 is 0.514 bits per heavy atom. The zero-order chi connectivity index (χ0) is 25.2. The third-order valence-corrected chi connectivity index (χ3v) is 6.25. The first-order valence-electron chi connectivity index (χ1n) is 10.1. The van der Waals surface area contributed by atoms with Crippen LogP contribution < -0.4 is 0 Å². The van der Waals surface area contributed by atoms with Crippen molar-refractivity contribution >= 4 is 21.5 Å². The summed E-state index contributed by atoms with van der Waals surface area (Å²) in [6.07, 6.45) is 0. The molecule has 0 unspecified atom stereocenters. The van der Waals surface area contributed by atoms with E-state index < -0.39 is 44.1 Å². The van der Waals surface area contributed by atoms with Crippen molar-refractivity contribution in [1.82, 2.24) is 0 Å². The van der Waals surface area contributed by atoms with Crippen LogP contribution in [0.2, 0.25) is 0 Å². The Balaban J connectivity index is 2.03. The molecule has 0 aliphatic heterocycles. The highest BCUT2D eigenvalue weighted by molar-refractivity contribution is 7.87. The topological polar surface area (TPSA) is 43.4 Å². The summed E-state index contributed by atoms with van der Waals surface area (Å²) in [6.45, 7) is 0. The van der Waals surface area contributed by atoms with Gasteiger partial charge in [0, 0.05) is 11.1 Å². The zero-order valence-electron chi connectivity index (χ0n) is 17.7. The maximum absolute atomic E-state index is 14.4. The van der Waals surface area contributed by atoms with E-state index in [4.69, 9.17) is 4.18 Å². The fraction of sp³-hybridized carbons (Fsp3) is 0. The molecule has 0 saturated carbocycles. The molecule has 4 aromatic rings. The molecule has 0 aliphatic carbocycles. The second kappa shape index (κ2) is 9.71. The van der Waals surface area contributed by atoms with E-state index in [0.29, 0.717) is 11.1 Å². The molecule has 9 heteroatoms. The molecule has 0 amide bonds. The van der Waals surface area contributed by atoms with Crippen LogP contribution in [0.25, 0.3) is 11.3 Å². The van der Waals surface area contributed by atoms with Crippen LogP contribution in [-0.2, 0) is 14.3 Å². The van der Waals surface area contributed by atoms with Gasteiger partial charge in [-0.1, -0.05) is 91.0 Å². The lowest BCUT2D eigenvalue weighted by Crippen LogP contribution is -2.16. The third-order valence-electron chi connectivity index (χ3n) is 5.00. The molecule has 35 heavy (non-hydrogen) atoms. The lowest BCUT2D eigenvalue weighted by atomic mass is 9.94. The van der Waals surface area contributed by atoms with Crippen molar-refractivity contribution in [2.24, 2.45) is 0 Å². The van der Waals surface area contributed by atoms with Crippen LogP contribution in [0.15, 0.2) is 95.9 Å². The van der Waals surface area contributed by atoms with Crippen LogP contribution >= 0.6 is 0 Å². The van der Waals surface area contributed by atoms with Crippen LogP contribution in [0.4, 0.5) is 22.0 Å². The summed E-state index contributed by atoms with van der Waals surface area (Å²) in [5.41, 5.74) is 1.35. The number of benzene rings is 4. The number of rotatable bonds is 6. The summed E-state index contributed by atoms with van der Waals surface area (Å²) in [5.74, 6) is -12.7. The van der Waals surface area contributed by atoms with Gasteiger partial charge in [0.1, 0.15) is 0 Å². The largest absolute Gasteiger partial charge is 0.377 e. The van der Waals surface area contributed by atoms with Gasteiger partial charge in [-0.2, -0.15) is 8.42 Å². The van der Waals surface area contributed by atoms with Gasteiger partial charge in [0.2, 0.25) is 5.82 Å². The molecule has 0 bridgehead atoms. The molecule has 178 valence electrons. The Morgan fingerprint density at radius 3 is 1.26 bits per heavy atom. The highest BCUT2D eigenvalue weighted by atomic mass is 32.2. The summed E-state index contributed by atoms with van der Waals surface area (Å²) in [5, 5.41) is 0. The van der Waals surface area contributed by atoms with Gasteiger partial charge in [-0.15, -0.1) is 0 Å². The van der Waals surface area contributed by atoms with E-state index in [0.717, 1.165) is 0 Å². The highest BCUT2D eigenvalue weighted by Crippen LogP contribution is 2.37. The molecular formula is C26H15F5O3S. The van der Waals surface area contributed by atoms with Crippen molar-refractivity contribution in [3.63, 3.8) is 0 Å². The van der Waals surface area contributed by atoms with Gasteiger partial charge in [-0.25, -0.2) is 22.0 Å². The summed E-state index contributed by atoms with van der Waals surface area (Å²) in [6, 6.07) is 24.5. The molecule has 0 aliphatic rings. The van der Waals surface area contributed by atoms with Gasteiger partial charge >= 0.3 is 10.1 Å². The third kappa shape index (κ3) is 4.67. The second-order valence-electron chi connectivity index (χ2n) is 7.24. The molecule has 4 rings (SSSR count). The van der Waals surface area contributed by atoms with Crippen LogP contribution in [0.3, 0.4) is 0 Å². The van der Waals surface area contributed by atoms with Gasteiger partial charge in [0.05, 0.1) is 0 Å². The minimum atomic E-state index is -5.55. The average Bonchev–Trinajstić information content (AvgIpc) is 2.87. The number of halogens is 5. The smallest absolute Gasteiger partial charge is 0.345 e. The Morgan fingerprint density at radius 2 is 0.857 bits per heavy atom. The predicted molar refractivity (Wildman–Crippen MR) is 120 cm³/mol. The van der Waals surface area contributed by atoms with Crippen molar-refractivity contribution < 1.29 is 34.6 Å². The highest BCUT2D eigenvalue weighted by Gasteiger charge is 2.36. The molecule has 4 aromatic carbocycles. The first-order valence-corrected chi connectivity index (χ1v) is 11.5. The quantitative estimate of drug-likeness (QED) is 0.0736. The van der Waals surface area contributed by atoms with E-state index >= 15 is 0 Å². The fourth-order valence-electron chi connectivity index (χ4n) is 3.42. The molecule has 0 aromatic heterocycles. The molecule has 0 fully saturated rings. The van der Waals surface area contributed by atoms with E-state index in [9.17, 15) is 30.4 Å². The van der Waals surface area contributed by atoms with Crippen LogP contribution in [0.1, 0.15) is 16.7 Å². The summed E-state index contributed by atoms with van der Waals surface area (Å²) in [7, 11) is -5.55. The van der Waals surface area contributed by atoms with Crippen molar-refractivity contribution in [2.75, 3.05) is 0 Å². The Hall–Kier alpha value is -3.98. The molecular weight excluding hydrogens is 487 g/mol. The molecule has 0 spiro atoms. The summed E-state index contributed by atoms with van der Waals surface area (Å²) < 4.78 is 101. The summed E-state index contributed by atoms with van der Waals surface area (Å²) in [4.78, 5) is -2.08. The van der Waals surface area contributed by atoms with Crippen molar-refractivity contribution in [3.05, 3.63) is 137 Å². The lowest BCUT2D eigenvalue weighted by Gasteiger charge is -2.18. The van der Waals surface area contributed by atoms with Crippen molar-refractivity contribution in [3.8, 4) is 0 Å². The van der Waals surface area contributed by atoms with E-state index in [2.05, 4.69) is 0 Å². The van der Waals surface area contributed by atoms with Gasteiger partial charge in [0.15, 0.2) is 33.9 Å². The molecule has 0 heterocycles. The van der Waals surface area contributed by atoms with Crippen LogP contribution in [0.5, 0.6) is 0 Å². The number of hydrogen-bond donors (Lipinski definition) is 0. The minimum Gasteiger partial charge on any atom is -0.377 e. The predicted octanol–water partition coefficient (Wildman–Crippen LogP) is 6.70. The van der Waals surface area contributed by atoms with Crippen molar-refractivity contribution in [2.45, 2.75) is 4.90 Å². The fourth-order valence-corrected chi connectivity index (χ4v) is 4.52. The summed E-state index contributed by atoms with van der Waals surface area (Å²) >= 11 is 0. The first-order chi connectivity index (χ1) is 16.7. The van der Waals surface area contributed by atoms with E-state index in [1.54, 1.807) is 78.9 Å². The van der Waals surface area contributed by atoms with Crippen LogP contribution in [-0.4, -0.2) is 8.42 Å². The lowest BCUT2D eigenvalue weighted by molar-refractivity contribution is 0.351. The van der Waals surface area contributed by atoms with Gasteiger partial charge < -0.3 is 4.18 Å². The van der Waals surface area contributed by atoms with E-state index in [1.165, 1.54) is 12.1 Å². The molecule has 0 atom stereocenters. The molecule has 0 N–H and O–H groups in total. The maximum atomic E-state index is 14.4. The normalized spacial score (nSPS) is 11.2. The average molecular weight is 502 g/mol. The van der Waals surface area contributed by atoms with E-state index in [1.807, 2.05) is 0 Å². The number of hydrogen-bond acceptors (Lipinski definition) is 3. The molecule has 0 radical (unpaired) electrons. The van der Waals surface area contributed by atoms with Gasteiger partial charge in [0.25, 0.3) is 0 Å². The maximum Gasteiger partial charge on any atom is 0.345 e. The SMILES string of the molecule is O=S(=O)(OC(=C(c1ccccc1)c1ccccc1)c1ccccc1)c1c(F)c(F)c(F)c(F)c1F. The Labute approximate surface area is 197 Å². The monoisotopic (exact) mass is 502 g/mol.